The molecule has 272 valence electrons. The molecule has 1 nitrogen and oxygen atoms in total. The molecular formula is C56H37NS. The highest BCUT2D eigenvalue weighted by Crippen LogP contribution is 2.58. The minimum atomic E-state index is -0.452. The van der Waals surface area contributed by atoms with Crippen LogP contribution in [-0.4, -0.2) is 0 Å². The van der Waals surface area contributed by atoms with Gasteiger partial charge < -0.3 is 4.90 Å². The van der Waals surface area contributed by atoms with Crippen LogP contribution in [0.25, 0.3) is 42.4 Å². The Bertz CT molecular complexity index is 3130. The smallest absolute Gasteiger partial charge is 0.0727 e. The topological polar surface area (TPSA) is 3.24 Å². The molecular weight excluding hydrogens is 719 g/mol. The number of hydrogen-bond donors (Lipinski definition) is 0. The second-order valence-electron chi connectivity index (χ2n) is 15.5. The first-order valence-corrected chi connectivity index (χ1v) is 20.9. The van der Waals surface area contributed by atoms with Crippen LogP contribution in [0, 0.1) is 0 Å². The Hall–Kier alpha value is -7.00. The fourth-order valence-corrected chi connectivity index (χ4v) is 11.5. The molecule has 12 rings (SSSR count). The second-order valence-corrected chi connectivity index (χ2v) is 16.6. The van der Waals surface area contributed by atoms with Crippen molar-refractivity contribution in [2.45, 2.75) is 11.3 Å². The zero-order valence-electron chi connectivity index (χ0n) is 31.7. The first-order chi connectivity index (χ1) is 28.8. The lowest BCUT2D eigenvalue weighted by Crippen LogP contribution is -2.28. The van der Waals surface area contributed by atoms with E-state index in [0.29, 0.717) is 0 Å². The van der Waals surface area contributed by atoms with E-state index in [0.717, 1.165) is 17.1 Å². The normalized spacial score (nSPS) is 14.5. The van der Waals surface area contributed by atoms with Crippen LogP contribution in [0.4, 0.5) is 17.1 Å². The first kappa shape index (κ1) is 33.2. The van der Waals surface area contributed by atoms with Crippen molar-refractivity contribution in [3.05, 3.63) is 257 Å². The molecule has 0 spiro atoms. The molecule has 0 bridgehead atoms. The van der Waals surface area contributed by atoms with Crippen LogP contribution in [0.2, 0.25) is 0 Å². The number of nitrogens with zero attached hydrogens (tertiary/aromatic N) is 1. The summed E-state index contributed by atoms with van der Waals surface area (Å²) in [4.78, 5) is 2.43. The van der Waals surface area contributed by atoms with Crippen LogP contribution in [0.1, 0.15) is 44.9 Å². The van der Waals surface area contributed by atoms with Crippen molar-refractivity contribution >= 4 is 48.6 Å². The summed E-state index contributed by atoms with van der Waals surface area (Å²) < 4.78 is 2.62. The van der Waals surface area contributed by atoms with E-state index in [-0.39, 0.29) is 5.92 Å². The molecule has 58 heavy (non-hydrogen) atoms. The molecule has 2 aliphatic carbocycles. The number of para-hydroxylation sites is 1. The van der Waals surface area contributed by atoms with Gasteiger partial charge in [-0.05, 0) is 104 Å². The molecule has 1 aromatic heterocycles. The summed E-state index contributed by atoms with van der Waals surface area (Å²) in [7, 11) is 0. The highest BCUT2D eigenvalue weighted by molar-refractivity contribution is 7.26. The Morgan fingerprint density at radius 2 is 0.948 bits per heavy atom. The maximum absolute atomic E-state index is 2.43. The van der Waals surface area contributed by atoms with E-state index in [4.69, 9.17) is 0 Å². The van der Waals surface area contributed by atoms with E-state index in [1.54, 1.807) is 0 Å². The molecule has 9 aromatic carbocycles. The summed E-state index contributed by atoms with van der Waals surface area (Å²) in [6.07, 6.45) is 0. The van der Waals surface area contributed by atoms with Gasteiger partial charge in [0.2, 0.25) is 0 Å². The molecule has 0 amide bonds. The molecule has 0 aliphatic heterocycles. The van der Waals surface area contributed by atoms with Crippen molar-refractivity contribution in [3.8, 4) is 22.3 Å². The zero-order chi connectivity index (χ0) is 38.2. The van der Waals surface area contributed by atoms with E-state index < -0.39 is 5.41 Å². The third kappa shape index (κ3) is 4.76. The molecule has 1 atom stereocenters. The van der Waals surface area contributed by atoms with Crippen LogP contribution in [0.15, 0.2) is 218 Å². The van der Waals surface area contributed by atoms with Gasteiger partial charge in [-0.15, -0.1) is 11.3 Å². The monoisotopic (exact) mass is 755 g/mol. The standard InChI is InChI=1S/C56H37NS/c1-4-17-37(18-5-1)54-45-26-11-10-23-42(45)48-35-40(31-33-46(48)54)57(39-21-8-3-9-22-39)41-32-34-53-49(36-41)47-27-16-30-52(55(47)58-53)56(38-19-6-2-7-20-38)50-28-14-12-24-43(50)44-25-13-15-29-51(44)56/h1-36,54H. The summed E-state index contributed by atoms with van der Waals surface area (Å²) in [5, 5.41) is 2.57. The number of hydrogen-bond acceptors (Lipinski definition) is 2. The maximum atomic E-state index is 2.43. The van der Waals surface area contributed by atoms with E-state index in [1.807, 2.05) is 11.3 Å². The molecule has 1 heterocycles. The van der Waals surface area contributed by atoms with E-state index in [9.17, 15) is 0 Å². The lowest BCUT2D eigenvalue weighted by molar-refractivity contribution is 0.778. The highest BCUT2D eigenvalue weighted by atomic mass is 32.1. The predicted molar refractivity (Wildman–Crippen MR) is 244 cm³/mol. The van der Waals surface area contributed by atoms with E-state index in [1.165, 1.54) is 81.4 Å². The first-order valence-electron chi connectivity index (χ1n) is 20.1. The molecule has 1 unspecified atom stereocenters. The third-order valence-electron chi connectivity index (χ3n) is 12.6. The SMILES string of the molecule is c1ccc(C2c3ccccc3-c3cc(N(c4ccccc4)c4ccc5sc6c(C7(c8ccccc8)c8ccccc8-c8ccccc87)cccc6c5c4)ccc32)cc1. The Balaban J connectivity index is 1.06. The quantitative estimate of drug-likeness (QED) is 0.163. The van der Waals surface area contributed by atoms with Crippen molar-refractivity contribution in [2.75, 3.05) is 4.90 Å². The van der Waals surface area contributed by atoms with E-state index >= 15 is 0 Å². The largest absolute Gasteiger partial charge is 0.310 e. The fourth-order valence-electron chi connectivity index (χ4n) is 10.3. The number of rotatable bonds is 6. The molecule has 0 saturated carbocycles. The van der Waals surface area contributed by atoms with Gasteiger partial charge in [-0.1, -0.05) is 176 Å². The lowest BCUT2D eigenvalue weighted by Gasteiger charge is -2.34. The van der Waals surface area contributed by atoms with Crippen LogP contribution in [-0.2, 0) is 5.41 Å². The summed E-state index contributed by atoms with van der Waals surface area (Å²) in [5.74, 6) is 0.215. The van der Waals surface area contributed by atoms with Gasteiger partial charge in [-0.25, -0.2) is 0 Å². The third-order valence-corrected chi connectivity index (χ3v) is 13.8. The van der Waals surface area contributed by atoms with Gasteiger partial charge in [0.05, 0.1) is 5.41 Å². The Morgan fingerprint density at radius 3 is 1.69 bits per heavy atom. The average molecular weight is 756 g/mol. The lowest BCUT2D eigenvalue weighted by atomic mass is 9.67. The van der Waals surface area contributed by atoms with Crippen molar-refractivity contribution in [1.82, 2.24) is 0 Å². The fraction of sp³-hybridized carbons (Fsp3) is 0.0357. The zero-order valence-corrected chi connectivity index (χ0v) is 32.5. The van der Waals surface area contributed by atoms with Crippen molar-refractivity contribution in [2.24, 2.45) is 0 Å². The molecule has 2 heteroatoms. The van der Waals surface area contributed by atoms with E-state index in [2.05, 4.69) is 223 Å². The van der Waals surface area contributed by atoms with Crippen LogP contribution >= 0.6 is 11.3 Å². The van der Waals surface area contributed by atoms with Gasteiger partial charge >= 0.3 is 0 Å². The van der Waals surface area contributed by atoms with Gasteiger partial charge in [-0.3, -0.25) is 0 Å². The molecule has 10 aromatic rings. The molecule has 0 radical (unpaired) electrons. The van der Waals surface area contributed by atoms with Crippen molar-refractivity contribution < 1.29 is 0 Å². The average Bonchev–Trinajstić information content (AvgIpc) is 3.94. The molecule has 2 aliphatic rings. The highest BCUT2D eigenvalue weighted by Gasteiger charge is 2.47. The summed E-state index contributed by atoms with van der Waals surface area (Å²) in [6.45, 7) is 0. The minimum absolute atomic E-state index is 0.215. The van der Waals surface area contributed by atoms with Crippen LogP contribution in [0.3, 0.4) is 0 Å². The number of benzene rings is 9. The van der Waals surface area contributed by atoms with Gasteiger partial charge in [0.1, 0.15) is 0 Å². The minimum Gasteiger partial charge on any atom is -0.310 e. The summed E-state index contributed by atoms with van der Waals surface area (Å²) in [5.41, 5.74) is 17.6. The Labute approximate surface area is 342 Å². The second kappa shape index (κ2) is 13.0. The molecule has 0 fully saturated rings. The van der Waals surface area contributed by atoms with Gasteiger partial charge in [0.25, 0.3) is 0 Å². The number of fused-ring (bicyclic) bond motifs is 9. The number of anilines is 3. The number of thiophene rings is 1. The van der Waals surface area contributed by atoms with Gasteiger partial charge in [0, 0.05) is 43.2 Å². The predicted octanol–water partition coefficient (Wildman–Crippen LogP) is 15.0. The summed E-state index contributed by atoms with van der Waals surface area (Å²) >= 11 is 1.92. The van der Waals surface area contributed by atoms with Gasteiger partial charge in [-0.2, -0.15) is 0 Å². The van der Waals surface area contributed by atoms with Gasteiger partial charge in [0.15, 0.2) is 0 Å². The van der Waals surface area contributed by atoms with Crippen LogP contribution < -0.4 is 4.90 Å². The molecule has 0 N–H and O–H groups in total. The Morgan fingerprint density at radius 1 is 0.379 bits per heavy atom. The maximum Gasteiger partial charge on any atom is 0.0727 e. The Kier molecular flexibility index (Phi) is 7.45. The van der Waals surface area contributed by atoms with Crippen LogP contribution in [0.5, 0.6) is 0 Å². The molecule has 0 saturated heterocycles. The van der Waals surface area contributed by atoms with Crippen molar-refractivity contribution in [3.63, 3.8) is 0 Å². The van der Waals surface area contributed by atoms with Crippen molar-refractivity contribution in [1.29, 1.82) is 0 Å². The summed E-state index contributed by atoms with van der Waals surface area (Å²) in [6, 6.07) is 81.1.